The van der Waals surface area contributed by atoms with Crippen molar-refractivity contribution in [2.24, 2.45) is 0 Å². The predicted octanol–water partition coefficient (Wildman–Crippen LogP) is 9.58. The first-order chi connectivity index (χ1) is 15.7. The van der Waals surface area contributed by atoms with Gasteiger partial charge in [-0.1, -0.05) is 123 Å². The molecule has 0 saturated heterocycles. The average molecular weight is 461 g/mol. The standard InChI is InChI=1S/C13H18.C10H13F.C10H14/c1-13(2,3)12-8-7-10-5-4-6-11(10)9-12;1-10(2,3)8-4-6-9(11)7-5-8;1-10(2,3)9-7-5-4-6-8-9/h7-9H,4-6H2,1-3H3;4-7H,1-3H3;4-8H,1-3H3. The van der Waals surface area contributed by atoms with E-state index in [1.807, 2.05) is 12.1 Å². The van der Waals surface area contributed by atoms with Crippen LogP contribution in [0, 0.1) is 5.82 Å². The number of rotatable bonds is 0. The van der Waals surface area contributed by atoms with E-state index in [1.165, 1.54) is 48.1 Å². The van der Waals surface area contributed by atoms with Gasteiger partial charge in [0.15, 0.2) is 0 Å². The molecule has 0 bridgehead atoms. The summed E-state index contributed by atoms with van der Waals surface area (Å²) in [6.45, 7) is 19.9. The maximum atomic E-state index is 12.5. The molecule has 0 heterocycles. The summed E-state index contributed by atoms with van der Waals surface area (Å²) < 4.78 is 12.5. The SMILES string of the molecule is CC(C)(C)c1ccc(F)cc1.CC(C)(C)c1ccc2c(c1)CCC2.CC(C)(C)c1ccccc1. The zero-order valence-electron chi connectivity index (χ0n) is 22.9. The Morgan fingerprint density at radius 3 is 1.41 bits per heavy atom. The summed E-state index contributed by atoms with van der Waals surface area (Å²) in [5, 5.41) is 0. The van der Waals surface area contributed by atoms with Crippen LogP contribution >= 0.6 is 0 Å². The summed E-state index contributed by atoms with van der Waals surface area (Å²) in [5.74, 6) is -0.169. The lowest BCUT2D eigenvalue weighted by atomic mass is 9.85. The van der Waals surface area contributed by atoms with Gasteiger partial charge in [-0.05, 0) is 75.5 Å². The number of benzene rings is 3. The molecule has 1 aliphatic carbocycles. The average Bonchev–Trinajstić information content (AvgIpc) is 3.22. The van der Waals surface area contributed by atoms with Crippen molar-refractivity contribution in [3.05, 3.63) is 106 Å². The molecule has 0 N–H and O–H groups in total. The van der Waals surface area contributed by atoms with E-state index in [1.54, 1.807) is 11.1 Å². The number of hydrogen-bond acceptors (Lipinski definition) is 0. The molecular formula is C33H45F. The van der Waals surface area contributed by atoms with E-state index in [-0.39, 0.29) is 11.2 Å². The Kier molecular flexibility index (Phi) is 9.29. The molecule has 3 aromatic rings. The van der Waals surface area contributed by atoms with Crippen molar-refractivity contribution in [1.82, 2.24) is 0 Å². The molecule has 0 aromatic heterocycles. The first-order valence-corrected chi connectivity index (χ1v) is 12.6. The lowest BCUT2D eigenvalue weighted by molar-refractivity contribution is 0.583. The van der Waals surface area contributed by atoms with Crippen molar-refractivity contribution < 1.29 is 4.39 Å². The van der Waals surface area contributed by atoms with E-state index in [0.29, 0.717) is 10.8 Å². The van der Waals surface area contributed by atoms with Gasteiger partial charge >= 0.3 is 0 Å². The van der Waals surface area contributed by atoms with E-state index >= 15 is 0 Å². The zero-order chi connectivity index (χ0) is 25.6. The van der Waals surface area contributed by atoms with Crippen molar-refractivity contribution in [2.45, 2.75) is 97.8 Å². The Bertz CT molecular complexity index is 1010. The Morgan fingerprint density at radius 2 is 0.941 bits per heavy atom. The summed E-state index contributed by atoms with van der Waals surface area (Å²) in [7, 11) is 0. The van der Waals surface area contributed by atoms with E-state index in [9.17, 15) is 4.39 Å². The minimum atomic E-state index is -0.169. The number of fused-ring (bicyclic) bond motifs is 1. The molecule has 1 heteroatoms. The smallest absolute Gasteiger partial charge is 0.123 e. The molecule has 0 atom stereocenters. The minimum Gasteiger partial charge on any atom is -0.207 e. The van der Waals surface area contributed by atoms with Gasteiger partial charge in [0.25, 0.3) is 0 Å². The van der Waals surface area contributed by atoms with Crippen LogP contribution in [0.15, 0.2) is 72.8 Å². The third-order valence-electron chi connectivity index (χ3n) is 6.31. The van der Waals surface area contributed by atoms with Crippen molar-refractivity contribution in [1.29, 1.82) is 0 Å². The maximum absolute atomic E-state index is 12.5. The molecule has 34 heavy (non-hydrogen) atoms. The molecule has 0 aliphatic heterocycles. The molecule has 3 aromatic carbocycles. The summed E-state index contributed by atoms with van der Waals surface area (Å²) in [6, 6.07) is 24.2. The van der Waals surface area contributed by atoms with Crippen LogP contribution in [-0.2, 0) is 29.1 Å². The van der Waals surface area contributed by atoms with Gasteiger partial charge in [-0.15, -0.1) is 0 Å². The van der Waals surface area contributed by atoms with Crippen molar-refractivity contribution >= 4 is 0 Å². The normalized spacial score (nSPS) is 13.2. The van der Waals surface area contributed by atoms with Gasteiger partial charge in [-0.2, -0.15) is 0 Å². The first kappa shape index (κ1) is 27.8. The van der Waals surface area contributed by atoms with E-state index < -0.39 is 0 Å². The van der Waals surface area contributed by atoms with Gasteiger partial charge in [0.05, 0.1) is 0 Å². The van der Waals surface area contributed by atoms with Crippen LogP contribution < -0.4 is 0 Å². The second kappa shape index (κ2) is 11.3. The fraction of sp³-hybridized carbons (Fsp3) is 0.455. The Balaban J connectivity index is 0.000000182. The highest BCUT2D eigenvalue weighted by Crippen LogP contribution is 2.29. The third kappa shape index (κ3) is 8.75. The van der Waals surface area contributed by atoms with Gasteiger partial charge in [-0.3, -0.25) is 0 Å². The Hall–Kier alpha value is -2.41. The van der Waals surface area contributed by atoms with Gasteiger partial charge in [-0.25, -0.2) is 4.39 Å². The molecule has 0 spiro atoms. The Morgan fingerprint density at radius 1 is 0.500 bits per heavy atom. The monoisotopic (exact) mass is 460 g/mol. The lowest BCUT2D eigenvalue weighted by Crippen LogP contribution is -2.11. The van der Waals surface area contributed by atoms with Crippen LogP contribution in [0.3, 0.4) is 0 Å². The zero-order valence-corrected chi connectivity index (χ0v) is 22.9. The lowest BCUT2D eigenvalue weighted by Gasteiger charge is -2.19. The topological polar surface area (TPSA) is 0 Å². The van der Waals surface area contributed by atoms with Gasteiger partial charge in [0.2, 0.25) is 0 Å². The molecular weight excluding hydrogens is 415 g/mol. The molecule has 0 unspecified atom stereocenters. The second-order valence-corrected chi connectivity index (χ2v) is 12.5. The van der Waals surface area contributed by atoms with Crippen LogP contribution in [0.2, 0.25) is 0 Å². The van der Waals surface area contributed by atoms with E-state index in [0.717, 1.165) is 0 Å². The molecule has 4 rings (SSSR count). The first-order valence-electron chi connectivity index (χ1n) is 12.6. The van der Waals surface area contributed by atoms with Gasteiger partial charge < -0.3 is 0 Å². The van der Waals surface area contributed by atoms with Crippen LogP contribution in [0.25, 0.3) is 0 Å². The van der Waals surface area contributed by atoms with Crippen LogP contribution in [0.4, 0.5) is 4.39 Å². The van der Waals surface area contributed by atoms with Crippen molar-refractivity contribution in [3.63, 3.8) is 0 Å². The van der Waals surface area contributed by atoms with Crippen LogP contribution in [0.5, 0.6) is 0 Å². The number of hydrogen-bond donors (Lipinski definition) is 0. The van der Waals surface area contributed by atoms with Gasteiger partial charge in [0.1, 0.15) is 5.82 Å². The summed E-state index contributed by atoms with van der Waals surface area (Å²) in [6.07, 6.45) is 3.93. The van der Waals surface area contributed by atoms with Crippen molar-refractivity contribution in [3.8, 4) is 0 Å². The highest BCUT2D eigenvalue weighted by molar-refractivity contribution is 5.37. The molecule has 0 fully saturated rings. The van der Waals surface area contributed by atoms with E-state index in [2.05, 4.69) is 111 Å². The molecule has 184 valence electrons. The molecule has 0 radical (unpaired) electrons. The summed E-state index contributed by atoms with van der Waals surface area (Å²) >= 11 is 0. The van der Waals surface area contributed by atoms with E-state index in [4.69, 9.17) is 0 Å². The molecule has 0 amide bonds. The highest BCUT2D eigenvalue weighted by atomic mass is 19.1. The highest BCUT2D eigenvalue weighted by Gasteiger charge is 2.17. The number of aryl methyl sites for hydroxylation is 2. The summed E-state index contributed by atoms with van der Waals surface area (Å²) in [5.41, 5.74) is 7.93. The third-order valence-corrected chi connectivity index (χ3v) is 6.31. The fourth-order valence-corrected chi connectivity index (χ4v) is 3.93. The predicted molar refractivity (Wildman–Crippen MR) is 147 cm³/mol. The van der Waals surface area contributed by atoms with Crippen molar-refractivity contribution in [2.75, 3.05) is 0 Å². The Labute approximate surface area is 208 Å². The largest absolute Gasteiger partial charge is 0.207 e. The minimum absolute atomic E-state index is 0.119. The van der Waals surface area contributed by atoms with Gasteiger partial charge in [0, 0.05) is 0 Å². The van der Waals surface area contributed by atoms with Crippen LogP contribution in [0.1, 0.15) is 96.6 Å². The fourth-order valence-electron chi connectivity index (χ4n) is 3.93. The summed E-state index contributed by atoms with van der Waals surface area (Å²) in [4.78, 5) is 0. The molecule has 0 nitrogen and oxygen atoms in total. The van der Waals surface area contributed by atoms with Crippen LogP contribution in [-0.4, -0.2) is 0 Å². The molecule has 0 saturated carbocycles. The molecule has 1 aliphatic rings. The second-order valence-electron chi connectivity index (χ2n) is 12.5. The number of halogens is 1. The quantitative estimate of drug-likeness (QED) is 0.313. The maximum Gasteiger partial charge on any atom is 0.123 e.